The second-order valence-electron chi connectivity index (χ2n) is 4.42. The molecule has 0 aliphatic carbocycles. The number of phenols is 1. The highest BCUT2D eigenvalue weighted by Gasteiger charge is 2.14. The van der Waals surface area contributed by atoms with Crippen molar-refractivity contribution in [2.45, 2.75) is 39.7 Å². The lowest BCUT2D eigenvalue weighted by Gasteiger charge is -2.23. The summed E-state index contributed by atoms with van der Waals surface area (Å²) < 4.78 is 0. The summed E-state index contributed by atoms with van der Waals surface area (Å²) >= 11 is 0. The Labute approximate surface area is 98.7 Å². The van der Waals surface area contributed by atoms with E-state index in [9.17, 15) is 5.11 Å². The van der Waals surface area contributed by atoms with E-state index in [-0.39, 0.29) is 0 Å². The molecule has 2 unspecified atom stereocenters. The SMILES string of the molecule is CCNC(CC)C(C)Cc1ccc(O)cc1. The van der Waals surface area contributed by atoms with Gasteiger partial charge in [0.25, 0.3) is 0 Å². The molecule has 1 rings (SSSR count). The second kappa shape index (κ2) is 6.54. The maximum absolute atomic E-state index is 9.22. The third-order valence-electron chi connectivity index (χ3n) is 3.09. The van der Waals surface area contributed by atoms with E-state index in [0.29, 0.717) is 17.7 Å². The molecular formula is C14H23NO. The van der Waals surface area contributed by atoms with E-state index in [4.69, 9.17) is 0 Å². The van der Waals surface area contributed by atoms with Gasteiger partial charge in [0.15, 0.2) is 0 Å². The molecule has 2 N–H and O–H groups in total. The van der Waals surface area contributed by atoms with Gasteiger partial charge < -0.3 is 10.4 Å². The maximum atomic E-state index is 9.22. The Balaban J connectivity index is 2.55. The van der Waals surface area contributed by atoms with Gasteiger partial charge in [0.1, 0.15) is 5.75 Å². The molecule has 2 heteroatoms. The van der Waals surface area contributed by atoms with Crippen molar-refractivity contribution in [3.63, 3.8) is 0 Å². The summed E-state index contributed by atoms with van der Waals surface area (Å²) in [6.07, 6.45) is 2.22. The fraction of sp³-hybridized carbons (Fsp3) is 0.571. The smallest absolute Gasteiger partial charge is 0.115 e. The molecule has 90 valence electrons. The molecule has 1 aromatic rings. The van der Waals surface area contributed by atoms with E-state index in [1.165, 1.54) is 5.56 Å². The van der Waals surface area contributed by atoms with Gasteiger partial charge in [0.05, 0.1) is 0 Å². The Bertz CT molecular complexity index is 294. The van der Waals surface area contributed by atoms with Crippen LogP contribution in [0.25, 0.3) is 0 Å². The zero-order valence-corrected chi connectivity index (χ0v) is 10.5. The number of hydrogen-bond donors (Lipinski definition) is 2. The van der Waals surface area contributed by atoms with Crippen molar-refractivity contribution >= 4 is 0 Å². The second-order valence-corrected chi connectivity index (χ2v) is 4.42. The fourth-order valence-electron chi connectivity index (χ4n) is 2.16. The summed E-state index contributed by atoms with van der Waals surface area (Å²) in [7, 11) is 0. The molecule has 0 aliphatic rings. The van der Waals surface area contributed by atoms with Gasteiger partial charge >= 0.3 is 0 Å². The van der Waals surface area contributed by atoms with Crippen LogP contribution in [-0.4, -0.2) is 17.7 Å². The van der Waals surface area contributed by atoms with Crippen LogP contribution >= 0.6 is 0 Å². The molecule has 0 saturated carbocycles. The van der Waals surface area contributed by atoms with E-state index >= 15 is 0 Å². The molecule has 0 heterocycles. The molecule has 0 bridgehead atoms. The molecule has 1 aromatic carbocycles. The number of rotatable bonds is 6. The zero-order chi connectivity index (χ0) is 12.0. The van der Waals surface area contributed by atoms with E-state index < -0.39 is 0 Å². The first-order chi connectivity index (χ1) is 7.67. The Morgan fingerprint density at radius 3 is 2.31 bits per heavy atom. The van der Waals surface area contributed by atoms with Crippen molar-refractivity contribution < 1.29 is 5.11 Å². The molecule has 2 nitrogen and oxygen atoms in total. The van der Waals surface area contributed by atoms with Gasteiger partial charge in [0.2, 0.25) is 0 Å². The molecule has 2 atom stereocenters. The number of hydrogen-bond acceptors (Lipinski definition) is 2. The van der Waals surface area contributed by atoms with Crippen molar-refractivity contribution in [2.24, 2.45) is 5.92 Å². The van der Waals surface area contributed by atoms with E-state index in [1.54, 1.807) is 12.1 Å². The van der Waals surface area contributed by atoms with Crippen LogP contribution in [0.4, 0.5) is 0 Å². The van der Waals surface area contributed by atoms with Crippen LogP contribution in [0.3, 0.4) is 0 Å². The minimum absolute atomic E-state index is 0.343. The van der Waals surface area contributed by atoms with Gasteiger partial charge in [-0.1, -0.05) is 32.9 Å². The standard InChI is InChI=1S/C14H23NO/c1-4-14(15-5-2)11(3)10-12-6-8-13(16)9-7-12/h6-9,11,14-16H,4-5,10H2,1-3H3. The fourth-order valence-corrected chi connectivity index (χ4v) is 2.16. The normalized spacial score (nSPS) is 14.7. The van der Waals surface area contributed by atoms with Gasteiger partial charge in [-0.25, -0.2) is 0 Å². The van der Waals surface area contributed by atoms with Crippen LogP contribution in [0, 0.1) is 5.92 Å². The lowest BCUT2D eigenvalue weighted by molar-refractivity contribution is 0.371. The van der Waals surface area contributed by atoms with E-state index in [2.05, 4.69) is 26.1 Å². The lowest BCUT2D eigenvalue weighted by atomic mass is 9.92. The highest BCUT2D eigenvalue weighted by atomic mass is 16.3. The first-order valence-electron chi connectivity index (χ1n) is 6.18. The maximum Gasteiger partial charge on any atom is 0.115 e. The molecule has 0 aromatic heterocycles. The molecule has 0 saturated heterocycles. The van der Waals surface area contributed by atoms with E-state index in [0.717, 1.165) is 19.4 Å². The Kier molecular flexibility index (Phi) is 5.33. The number of aromatic hydroxyl groups is 1. The molecule has 0 radical (unpaired) electrons. The average molecular weight is 221 g/mol. The number of benzene rings is 1. The Hall–Kier alpha value is -1.02. The molecule has 0 aliphatic heterocycles. The monoisotopic (exact) mass is 221 g/mol. The van der Waals surface area contributed by atoms with Crippen LogP contribution in [0.5, 0.6) is 5.75 Å². The largest absolute Gasteiger partial charge is 0.508 e. The predicted octanol–water partition coefficient (Wildman–Crippen LogP) is 2.96. The van der Waals surface area contributed by atoms with Gasteiger partial charge in [-0.3, -0.25) is 0 Å². The predicted molar refractivity (Wildman–Crippen MR) is 68.7 cm³/mol. The summed E-state index contributed by atoms with van der Waals surface area (Å²) in [5.74, 6) is 0.963. The van der Waals surface area contributed by atoms with E-state index in [1.807, 2.05) is 12.1 Å². The summed E-state index contributed by atoms with van der Waals surface area (Å²) in [4.78, 5) is 0. The molecule has 0 fully saturated rings. The quantitative estimate of drug-likeness (QED) is 0.774. The molecular weight excluding hydrogens is 198 g/mol. The van der Waals surface area contributed by atoms with Crippen molar-refractivity contribution in [2.75, 3.05) is 6.54 Å². The van der Waals surface area contributed by atoms with Crippen LogP contribution in [0.15, 0.2) is 24.3 Å². The van der Waals surface area contributed by atoms with Gasteiger partial charge in [-0.15, -0.1) is 0 Å². The minimum Gasteiger partial charge on any atom is -0.508 e. The van der Waals surface area contributed by atoms with Gasteiger partial charge in [0, 0.05) is 6.04 Å². The molecule has 16 heavy (non-hydrogen) atoms. The van der Waals surface area contributed by atoms with Crippen molar-refractivity contribution in [1.82, 2.24) is 5.32 Å². The third-order valence-corrected chi connectivity index (χ3v) is 3.09. The minimum atomic E-state index is 0.343. The Morgan fingerprint density at radius 1 is 1.19 bits per heavy atom. The van der Waals surface area contributed by atoms with Crippen molar-refractivity contribution in [1.29, 1.82) is 0 Å². The summed E-state index contributed by atoms with van der Waals surface area (Å²) in [6.45, 7) is 7.68. The van der Waals surface area contributed by atoms with Crippen molar-refractivity contribution in [3.8, 4) is 5.75 Å². The summed E-state index contributed by atoms with van der Waals surface area (Å²) in [5.41, 5.74) is 1.29. The first kappa shape index (κ1) is 13.0. The highest BCUT2D eigenvalue weighted by Crippen LogP contribution is 2.16. The van der Waals surface area contributed by atoms with Gasteiger partial charge in [-0.2, -0.15) is 0 Å². The number of phenolic OH excluding ortho intramolecular Hbond substituents is 1. The average Bonchev–Trinajstić information content (AvgIpc) is 2.29. The zero-order valence-electron chi connectivity index (χ0n) is 10.5. The topological polar surface area (TPSA) is 32.3 Å². The third kappa shape index (κ3) is 3.86. The van der Waals surface area contributed by atoms with Gasteiger partial charge in [-0.05, 0) is 43.0 Å². The highest BCUT2D eigenvalue weighted by molar-refractivity contribution is 5.26. The summed E-state index contributed by atoms with van der Waals surface area (Å²) in [6, 6.07) is 8.11. The summed E-state index contributed by atoms with van der Waals surface area (Å²) in [5, 5.41) is 12.7. The van der Waals surface area contributed by atoms with Crippen LogP contribution in [0.1, 0.15) is 32.8 Å². The first-order valence-corrected chi connectivity index (χ1v) is 6.18. The van der Waals surface area contributed by atoms with Crippen LogP contribution in [-0.2, 0) is 6.42 Å². The number of nitrogens with one attached hydrogen (secondary N) is 1. The van der Waals surface area contributed by atoms with Crippen LogP contribution < -0.4 is 5.32 Å². The Morgan fingerprint density at radius 2 is 1.81 bits per heavy atom. The lowest BCUT2D eigenvalue weighted by Crippen LogP contribution is -2.35. The van der Waals surface area contributed by atoms with Crippen LogP contribution in [0.2, 0.25) is 0 Å². The molecule has 0 amide bonds. The van der Waals surface area contributed by atoms with Crippen molar-refractivity contribution in [3.05, 3.63) is 29.8 Å². The molecule has 0 spiro atoms.